The van der Waals surface area contributed by atoms with Gasteiger partial charge in [-0.2, -0.15) is 0 Å². The molecule has 0 saturated heterocycles. The Bertz CT molecular complexity index is 1120. The molecule has 1 aromatic heterocycles. The maximum atomic E-state index is 12.9. The van der Waals surface area contributed by atoms with Crippen LogP contribution in [0.15, 0.2) is 36.8 Å². The number of rotatable bonds is 8. The first-order valence-corrected chi connectivity index (χ1v) is 12.7. The van der Waals surface area contributed by atoms with E-state index in [0.717, 1.165) is 16.3 Å². The summed E-state index contributed by atoms with van der Waals surface area (Å²) in [5, 5.41) is 0. The molecule has 0 bridgehead atoms. The van der Waals surface area contributed by atoms with Crippen LogP contribution < -0.4 is 4.74 Å². The summed E-state index contributed by atoms with van der Waals surface area (Å²) in [5.74, 6) is 0.348. The van der Waals surface area contributed by atoms with E-state index in [4.69, 9.17) is 18.9 Å². The van der Waals surface area contributed by atoms with Crippen LogP contribution in [0.3, 0.4) is 0 Å². The first-order valence-electron chi connectivity index (χ1n) is 12.7. The van der Waals surface area contributed by atoms with E-state index in [2.05, 4.69) is 4.98 Å². The number of benzene rings is 1. The van der Waals surface area contributed by atoms with Crippen LogP contribution in [0.4, 0.5) is 9.59 Å². The minimum atomic E-state index is -0.866. The SMILES string of the molecule is COC(=O)C1(c2cn(-c3ccc(OC)cc3)cn2)CC1CCCN(C(=O)OC(C)(C)C)C(=O)OC(C)(C)C. The standard InChI is InChI=1S/C28H39N3O7/c1-26(2,3)37-24(33)31(25(34)38-27(4,5)6)15-9-10-19-16-28(19,23(32)36-8)22-17-30(18-29-22)20-11-13-21(35-7)14-12-20/h11-14,17-19H,9-10,15-16H2,1-8H3. The van der Waals surface area contributed by atoms with Crippen molar-refractivity contribution in [2.24, 2.45) is 5.92 Å². The Labute approximate surface area is 224 Å². The molecule has 0 spiro atoms. The van der Waals surface area contributed by atoms with Gasteiger partial charge in [-0.05, 0) is 91.0 Å². The molecule has 2 aromatic rings. The number of aromatic nitrogens is 2. The number of ether oxygens (including phenoxy) is 4. The van der Waals surface area contributed by atoms with E-state index >= 15 is 0 Å². The summed E-state index contributed by atoms with van der Waals surface area (Å²) in [7, 11) is 2.98. The van der Waals surface area contributed by atoms with Gasteiger partial charge >= 0.3 is 18.2 Å². The van der Waals surface area contributed by atoms with Crippen molar-refractivity contribution in [2.45, 2.75) is 77.4 Å². The number of hydrogen-bond donors (Lipinski definition) is 0. The summed E-state index contributed by atoms with van der Waals surface area (Å²) in [5.41, 5.74) is -0.893. The summed E-state index contributed by atoms with van der Waals surface area (Å²) in [4.78, 5) is 44.0. The third kappa shape index (κ3) is 6.85. The lowest BCUT2D eigenvalue weighted by atomic mass is 9.97. The van der Waals surface area contributed by atoms with Crippen molar-refractivity contribution in [3.63, 3.8) is 0 Å². The fraction of sp³-hybridized carbons (Fsp3) is 0.571. The average molecular weight is 530 g/mol. The maximum Gasteiger partial charge on any atom is 0.419 e. The number of nitrogens with zero attached hydrogens (tertiary/aromatic N) is 3. The molecule has 10 heteroatoms. The Hall–Kier alpha value is -3.56. The highest BCUT2D eigenvalue weighted by molar-refractivity contribution is 5.88. The van der Waals surface area contributed by atoms with Crippen molar-refractivity contribution < 1.29 is 33.3 Å². The number of imidazole rings is 1. The van der Waals surface area contributed by atoms with Crippen molar-refractivity contribution in [3.05, 3.63) is 42.5 Å². The zero-order valence-corrected chi connectivity index (χ0v) is 23.6. The lowest BCUT2D eigenvalue weighted by Crippen LogP contribution is -2.44. The van der Waals surface area contributed by atoms with E-state index in [1.807, 2.05) is 35.0 Å². The van der Waals surface area contributed by atoms with Crippen LogP contribution in [-0.4, -0.2) is 64.6 Å². The van der Waals surface area contributed by atoms with Crippen molar-refractivity contribution in [2.75, 3.05) is 20.8 Å². The van der Waals surface area contributed by atoms with Gasteiger partial charge in [0, 0.05) is 18.4 Å². The van der Waals surface area contributed by atoms with E-state index in [-0.39, 0.29) is 18.4 Å². The molecule has 1 heterocycles. The Morgan fingerprint density at radius 2 is 1.58 bits per heavy atom. The fourth-order valence-electron chi connectivity index (χ4n) is 4.36. The minimum Gasteiger partial charge on any atom is -0.497 e. The van der Waals surface area contributed by atoms with Crippen molar-refractivity contribution in [1.82, 2.24) is 14.5 Å². The van der Waals surface area contributed by atoms with Crippen LogP contribution in [0.5, 0.6) is 5.75 Å². The van der Waals surface area contributed by atoms with Crippen LogP contribution >= 0.6 is 0 Å². The quantitative estimate of drug-likeness (QED) is 0.336. The number of carbonyl (C=O) groups is 3. The lowest BCUT2D eigenvalue weighted by Gasteiger charge is -2.28. The third-order valence-electron chi connectivity index (χ3n) is 6.23. The van der Waals surface area contributed by atoms with Gasteiger partial charge in [0.25, 0.3) is 0 Å². The van der Waals surface area contributed by atoms with Crippen LogP contribution in [-0.2, 0) is 24.4 Å². The molecule has 0 N–H and O–H groups in total. The molecule has 0 aliphatic heterocycles. The van der Waals surface area contributed by atoms with Crippen LogP contribution in [0.2, 0.25) is 0 Å². The number of esters is 1. The number of imide groups is 1. The first kappa shape index (κ1) is 29.0. The largest absolute Gasteiger partial charge is 0.497 e. The van der Waals surface area contributed by atoms with Gasteiger partial charge in [-0.1, -0.05) is 0 Å². The van der Waals surface area contributed by atoms with Crippen LogP contribution in [0.1, 0.15) is 66.5 Å². The molecule has 208 valence electrons. The van der Waals surface area contributed by atoms with E-state index in [9.17, 15) is 14.4 Å². The zero-order valence-electron chi connectivity index (χ0n) is 23.6. The molecular weight excluding hydrogens is 490 g/mol. The first-order chi connectivity index (χ1) is 17.7. The number of hydrogen-bond acceptors (Lipinski definition) is 8. The molecule has 1 fully saturated rings. The normalized spacial score (nSPS) is 18.9. The van der Waals surface area contributed by atoms with Crippen LogP contribution in [0, 0.1) is 5.92 Å². The summed E-state index contributed by atoms with van der Waals surface area (Å²) in [6, 6.07) is 7.51. The zero-order chi connectivity index (χ0) is 28.3. The van der Waals surface area contributed by atoms with E-state index in [1.54, 1.807) is 55.0 Å². The molecule has 1 aliphatic carbocycles. The van der Waals surface area contributed by atoms with Gasteiger partial charge in [-0.3, -0.25) is 4.79 Å². The monoisotopic (exact) mass is 529 g/mol. The highest BCUT2D eigenvalue weighted by Crippen LogP contribution is 2.57. The van der Waals surface area contributed by atoms with Crippen molar-refractivity contribution in [1.29, 1.82) is 0 Å². The third-order valence-corrected chi connectivity index (χ3v) is 6.23. The molecule has 2 amide bonds. The van der Waals surface area contributed by atoms with E-state index in [1.165, 1.54) is 7.11 Å². The molecular formula is C28H39N3O7. The summed E-state index contributed by atoms with van der Waals surface area (Å²) in [6.07, 6.45) is 3.59. The summed E-state index contributed by atoms with van der Waals surface area (Å²) in [6.45, 7) is 10.5. The number of amides is 2. The Morgan fingerprint density at radius 1 is 1.00 bits per heavy atom. The molecule has 3 rings (SSSR count). The maximum absolute atomic E-state index is 12.9. The smallest absolute Gasteiger partial charge is 0.419 e. The van der Waals surface area contributed by atoms with Gasteiger partial charge in [0.05, 0.1) is 26.2 Å². The number of methoxy groups -OCH3 is 2. The molecule has 0 radical (unpaired) electrons. The molecule has 2 unspecified atom stereocenters. The number of carbonyl (C=O) groups excluding carboxylic acids is 3. The molecule has 1 aromatic carbocycles. The fourth-order valence-corrected chi connectivity index (χ4v) is 4.36. The van der Waals surface area contributed by atoms with Crippen LogP contribution in [0.25, 0.3) is 5.69 Å². The van der Waals surface area contributed by atoms with E-state index in [0.29, 0.717) is 25.0 Å². The topological polar surface area (TPSA) is 109 Å². The van der Waals surface area contributed by atoms with Gasteiger partial charge < -0.3 is 23.5 Å². The average Bonchev–Trinajstić information content (AvgIpc) is 3.33. The summed E-state index contributed by atoms with van der Waals surface area (Å²) < 4.78 is 23.1. The Kier molecular flexibility index (Phi) is 8.43. The van der Waals surface area contributed by atoms with Crippen molar-refractivity contribution >= 4 is 18.2 Å². The molecule has 10 nitrogen and oxygen atoms in total. The molecule has 1 aliphatic rings. The highest BCUT2D eigenvalue weighted by Gasteiger charge is 2.63. The molecule has 38 heavy (non-hydrogen) atoms. The molecule has 1 saturated carbocycles. The Balaban J connectivity index is 1.72. The Morgan fingerprint density at radius 3 is 2.08 bits per heavy atom. The minimum absolute atomic E-state index is 0.0479. The summed E-state index contributed by atoms with van der Waals surface area (Å²) >= 11 is 0. The van der Waals surface area contributed by atoms with Gasteiger partial charge in [-0.15, -0.1) is 0 Å². The van der Waals surface area contributed by atoms with Crippen molar-refractivity contribution in [3.8, 4) is 11.4 Å². The predicted octanol–water partition coefficient (Wildman–Crippen LogP) is 5.26. The second kappa shape index (κ2) is 11.0. The van der Waals surface area contributed by atoms with E-state index < -0.39 is 28.8 Å². The molecule has 2 atom stereocenters. The lowest BCUT2D eigenvalue weighted by molar-refractivity contribution is -0.144. The predicted molar refractivity (Wildman–Crippen MR) is 140 cm³/mol. The second-order valence-electron chi connectivity index (χ2n) is 11.5. The van der Waals surface area contributed by atoms with Gasteiger partial charge in [-0.25, -0.2) is 19.5 Å². The van der Waals surface area contributed by atoms with Gasteiger partial charge in [0.2, 0.25) is 0 Å². The van der Waals surface area contributed by atoms with Gasteiger partial charge in [0.15, 0.2) is 0 Å². The second-order valence-corrected chi connectivity index (χ2v) is 11.5. The van der Waals surface area contributed by atoms with Gasteiger partial charge in [0.1, 0.15) is 22.4 Å². The highest BCUT2D eigenvalue weighted by atomic mass is 16.6.